The van der Waals surface area contributed by atoms with Gasteiger partial charge >= 0.3 is 15.2 Å². The summed E-state index contributed by atoms with van der Waals surface area (Å²) in [5.74, 6) is 2.57. The highest BCUT2D eigenvalue weighted by molar-refractivity contribution is 7.56. The highest BCUT2D eigenvalue weighted by atomic mass is 31.2. The van der Waals surface area contributed by atoms with Crippen molar-refractivity contribution in [2.45, 2.75) is 90.8 Å². The average molecular weight is 851 g/mol. The molecule has 10 heteroatoms. The van der Waals surface area contributed by atoms with Crippen molar-refractivity contribution in [3.63, 3.8) is 0 Å². The quantitative estimate of drug-likeness (QED) is 0.0414. The van der Waals surface area contributed by atoms with Crippen LogP contribution in [0.3, 0.4) is 0 Å². The third-order valence-corrected chi connectivity index (χ3v) is 15.5. The lowest BCUT2D eigenvalue weighted by molar-refractivity contribution is 0.0524. The molecule has 3 unspecified atom stereocenters. The lowest BCUT2D eigenvalue weighted by Crippen LogP contribution is -2.35. The fourth-order valence-electron chi connectivity index (χ4n) is 6.28. The summed E-state index contributed by atoms with van der Waals surface area (Å²) in [5, 5.41) is -2.68. The van der Waals surface area contributed by atoms with Crippen molar-refractivity contribution in [1.82, 2.24) is 0 Å². The first-order chi connectivity index (χ1) is 28.7. The van der Waals surface area contributed by atoms with Crippen molar-refractivity contribution >= 4 is 15.2 Å². The Hall–Kier alpha value is -5.42. The Morgan fingerprint density at radius 1 is 0.567 bits per heavy atom. The van der Waals surface area contributed by atoms with Crippen LogP contribution in [0.4, 0.5) is 0 Å². The van der Waals surface area contributed by atoms with E-state index >= 15 is 4.57 Å². The molecule has 60 heavy (non-hydrogen) atoms. The summed E-state index contributed by atoms with van der Waals surface area (Å²) < 4.78 is 68.2. The smallest absolute Gasteiger partial charge is 0.473 e. The van der Waals surface area contributed by atoms with Gasteiger partial charge in [-0.1, -0.05) is 133 Å². The second kappa shape index (κ2) is 21.2. The molecule has 4 rings (SSSR count). The number of ether oxygens (including phenoxy) is 2. The Balaban J connectivity index is 1.63. The van der Waals surface area contributed by atoms with Gasteiger partial charge in [0.15, 0.2) is 0 Å². The van der Waals surface area contributed by atoms with Crippen LogP contribution >= 0.6 is 15.2 Å². The molecule has 0 radical (unpaired) electrons. The number of allylic oxidation sites excluding steroid dienone is 8. The van der Waals surface area contributed by atoms with E-state index in [4.69, 9.17) is 27.6 Å². The molecule has 0 spiro atoms. The zero-order valence-corrected chi connectivity index (χ0v) is 38.0. The monoisotopic (exact) mass is 850 g/mol. The Labute approximate surface area is 358 Å². The van der Waals surface area contributed by atoms with Crippen LogP contribution in [0.15, 0.2) is 182 Å². The Morgan fingerprint density at radius 3 is 1.40 bits per heavy atom. The van der Waals surface area contributed by atoms with Crippen LogP contribution in [0.2, 0.25) is 0 Å². The maximum absolute atomic E-state index is 15.2. The molecule has 0 saturated carbocycles. The van der Waals surface area contributed by atoms with Gasteiger partial charge in [-0.05, 0) is 124 Å². The molecule has 4 aromatic carbocycles. The fourth-order valence-corrected chi connectivity index (χ4v) is 10.3. The number of benzene rings is 4. The lowest BCUT2D eigenvalue weighted by Gasteiger charge is -2.38. The van der Waals surface area contributed by atoms with E-state index in [0.29, 0.717) is 53.8 Å². The van der Waals surface area contributed by atoms with Gasteiger partial charge in [-0.2, -0.15) is 0 Å². The summed E-state index contributed by atoms with van der Waals surface area (Å²) in [6, 6.07) is 33.2. The summed E-state index contributed by atoms with van der Waals surface area (Å²) in [6.45, 7) is 22.8. The summed E-state index contributed by atoms with van der Waals surface area (Å²) in [4.78, 5) is 0. The first kappa shape index (κ1) is 47.3. The second-order valence-electron chi connectivity index (χ2n) is 14.6. The van der Waals surface area contributed by atoms with E-state index < -0.39 is 31.3 Å². The summed E-state index contributed by atoms with van der Waals surface area (Å²) in [5.41, 5.74) is 1.52. The zero-order valence-electron chi connectivity index (χ0n) is 36.2. The van der Waals surface area contributed by atoms with E-state index in [-0.39, 0.29) is 0 Å². The van der Waals surface area contributed by atoms with Gasteiger partial charge in [0.05, 0.1) is 0 Å². The van der Waals surface area contributed by atoms with Crippen molar-refractivity contribution in [1.29, 1.82) is 0 Å². The van der Waals surface area contributed by atoms with Crippen molar-refractivity contribution in [3.05, 3.63) is 194 Å². The van der Waals surface area contributed by atoms with Gasteiger partial charge in [0.25, 0.3) is 0 Å². The van der Waals surface area contributed by atoms with Gasteiger partial charge < -0.3 is 27.6 Å². The summed E-state index contributed by atoms with van der Waals surface area (Å²) >= 11 is 0. The van der Waals surface area contributed by atoms with E-state index in [1.54, 1.807) is 92.8 Å². The molecule has 0 aliphatic heterocycles. The maximum atomic E-state index is 15.2. The first-order valence-corrected chi connectivity index (χ1v) is 23.4. The van der Waals surface area contributed by atoms with E-state index in [2.05, 4.69) is 27.0 Å². The van der Waals surface area contributed by atoms with Gasteiger partial charge in [-0.15, -0.1) is 0 Å². The molecule has 0 aliphatic rings. The van der Waals surface area contributed by atoms with E-state index in [9.17, 15) is 4.57 Å². The molecule has 0 amide bonds. The SMILES string of the molecule is C=C/C=C\C(=C/C)OC(CC)(CC)P(=O)(Oc1ccccc1)Oc1ccc(C(C)(C)c2ccc(OC(C)(CC)P(=O)(OC(/C=C\C=C)=C/C)Oc3ccccc3)cc2)cc1. The van der Waals surface area contributed by atoms with Crippen LogP contribution in [0.5, 0.6) is 23.0 Å². The van der Waals surface area contributed by atoms with Crippen LogP contribution in [0, 0.1) is 0 Å². The van der Waals surface area contributed by atoms with Crippen LogP contribution in [-0.4, -0.2) is 10.7 Å². The molecule has 0 aliphatic carbocycles. The molecule has 4 aromatic rings. The standard InChI is InChI=1S/C50H60O8P2/c1-11-18-26-42(13-3)54-50(16-6,17-7)60(52,57-46-30-24-21-25-31-46)58-47-38-34-41(35-39-47)48(8,9)40-32-36-44(37-33-40)53-49(10,15-5)59(51,55-43(14-4)27-19-12-2)56-45-28-22-20-23-29-45/h11-14,18-39H,1-2,15-17H2,3-10H3/b26-18-,27-19-,42-13+,43-14+. The molecule has 0 fully saturated rings. The summed E-state index contributed by atoms with van der Waals surface area (Å²) in [7, 11) is -8.11. The Kier molecular flexibility index (Phi) is 16.7. The van der Waals surface area contributed by atoms with Crippen LogP contribution in [0.1, 0.15) is 85.8 Å². The molecular weight excluding hydrogens is 790 g/mol. The second-order valence-corrected chi connectivity index (χ2v) is 19.1. The van der Waals surface area contributed by atoms with Crippen LogP contribution in [-0.2, 0) is 23.8 Å². The number of para-hydroxylation sites is 2. The number of hydrogen-bond donors (Lipinski definition) is 0. The first-order valence-electron chi connectivity index (χ1n) is 20.3. The van der Waals surface area contributed by atoms with Crippen molar-refractivity contribution in [2.75, 3.05) is 0 Å². The number of rotatable bonds is 23. The largest absolute Gasteiger partial charge is 0.474 e. The van der Waals surface area contributed by atoms with Gasteiger partial charge in [-0.3, -0.25) is 0 Å². The molecule has 8 nitrogen and oxygen atoms in total. The van der Waals surface area contributed by atoms with Gasteiger partial charge in [-0.25, -0.2) is 9.13 Å². The number of hydrogen-bond acceptors (Lipinski definition) is 8. The minimum Gasteiger partial charge on any atom is -0.473 e. The van der Waals surface area contributed by atoms with Gasteiger partial charge in [0.1, 0.15) is 34.5 Å². The highest BCUT2D eigenvalue weighted by Gasteiger charge is 2.55. The topological polar surface area (TPSA) is 89.5 Å². The molecule has 0 aromatic heterocycles. The van der Waals surface area contributed by atoms with Crippen molar-refractivity contribution < 1.29 is 36.7 Å². The summed E-state index contributed by atoms with van der Waals surface area (Å²) in [6.07, 6.45) is 14.7. The molecule has 0 saturated heterocycles. The predicted octanol–water partition coefficient (Wildman–Crippen LogP) is 15.3. The lowest BCUT2D eigenvalue weighted by atomic mass is 9.78. The average Bonchev–Trinajstić information content (AvgIpc) is 3.26. The minimum atomic E-state index is -4.08. The van der Waals surface area contributed by atoms with Crippen LogP contribution < -0.4 is 18.3 Å². The molecular formula is C50H60O8P2. The normalized spacial score (nSPS) is 15.6. The Bertz CT molecular complexity index is 2220. The Morgan fingerprint density at radius 2 is 0.983 bits per heavy atom. The van der Waals surface area contributed by atoms with Crippen molar-refractivity contribution in [2.24, 2.45) is 0 Å². The predicted molar refractivity (Wildman–Crippen MR) is 246 cm³/mol. The van der Waals surface area contributed by atoms with Crippen molar-refractivity contribution in [3.8, 4) is 23.0 Å². The molecule has 318 valence electrons. The third-order valence-electron chi connectivity index (χ3n) is 10.4. The van der Waals surface area contributed by atoms with E-state index in [1.165, 1.54) is 0 Å². The molecule has 0 bridgehead atoms. The highest BCUT2D eigenvalue weighted by Crippen LogP contribution is 2.64. The van der Waals surface area contributed by atoms with E-state index in [1.807, 2.05) is 107 Å². The zero-order chi connectivity index (χ0) is 43.9. The maximum Gasteiger partial charge on any atom is 0.474 e. The molecule has 0 heterocycles. The third kappa shape index (κ3) is 11.2. The van der Waals surface area contributed by atoms with Crippen LogP contribution in [0.25, 0.3) is 0 Å². The fraction of sp³-hybridized carbons (Fsp3) is 0.280. The molecule has 3 atom stereocenters. The minimum absolute atomic E-state index is 0.316. The van der Waals surface area contributed by atoms with Gasteiger partial charge in [0, 0.05) is 5.41 Å². The van der Waals surface area contributed by atoms with E-state index in [0.717, 1.165) is 11.1 Å². The van der Waals surface area contributed by atoms with Gasteiger partial charge in [0.2, 0.25) is 10.7 Å². The molecule has 0 N–H and O–H groups in total.